The number of ether oxygens (including phenoxy) is 2. The molecule has 0 bridgehead atoms. The van der Waals surface area contributed by atoms with E-state index in [2.05, 4.69) is 29.4 Å². The first-order chi connectivity index (χ1) is 16.7. The Morgan fingerprint density at radius 2 is 1.94 bits per heavy atom. The molecular formula is C26H34FN3O5. The van der Waals surface area contributed by atoms with E-state index in [9.17, 15) is 19.1 Å². The maximum absolute atomic E-state index is 14.4. The Kier molecular flexibility index (Phi) is 8.92. The van der Waals surface area contributed by atoms with E-state index in [4.69, 9.17) is 9.47 Å². The number of carboxylic acid groups (broad SMARTS) is 1. The number of morpholine rings is 1. The number of benzene rings is 2. The van der Waals surface area contributed by atoms with Gasteiger partial charge in [-0.1, -0.05) is 26.8 Å². The van der Waals surface area contributed by atoms with Crippen LogP contribution in [0.1, 0.15) is 45.1 Å². The molecule has 3 rings (SSSR count). The number of nitrogens with one attached hydrogen (secondary N) is 2. The molecule has 2 atom stereocenters. The number of urea groups is 1. The molecule has 2 amide bonds. The number of carboxylic acids is 1. The number of hydrogen-bond donors (Lipinski definition) is 3. The number of amides is 2. The zero-order valence-corrected chi connectivity index (χ0v) is 20.6. The lowest BCUT2D eigenvalue weighted by Crippen LogP contribution is -2.48. The van der Waals surface area contributed by atoms with Gasteiger partial charge in [0.15, 0.2) is 0 Å². The Morgan fingerprint density at radius 3 is 2.57 bits per heavy atom. The second-order valence-electron chi connectivity index (χ2n) is 8.98. The van der Waals surface area contributed by atoms with E-state index in [1.165, 1.54) is 19.2 Å². The largest absolute Gasteiger partial charge is 0.497 e. The molecule has 1 heterocycles. The van der Waals surface area contributed by atoms with Gasteiger partial charge in [0, 0.05) is 12.6 Å². The summed E-state index contributed by atoms with van der Waals surface area (Å²) in [4.78, 5) is 26.5. The van der Waals surface area contributed by atoms with Crippen LogP contribution in [0.5, 0.6) is 5.75 Å². The van der Waals surface area contributed by atoms with Crippen LogP contribution >= 0.6 is 0 Å². The highest BCUT2D eigenvalue weighted by Crippen LogP contribution is 2.35. The molecule has 1 aliphatic heterocycles. The van der Waals surface area contributed by atoms with Gasteiger partial charge in [-0.25, -0.2) is 9.18 Å². The molecule has 1 fully saturated rings. The summed E-state index contributed by atoms with van der Waals surface area (Å²) < 4.78 is 25.1. The molecule has 0 aliphatic carbocycles. The number of nitrogens with zero attached hydrogens (tertiary/aromatic N) is 1. The van der Waals surface area contributed by atoms with Crippen LogP contribution in [0.25, 0.3) is 0 Å². The van der Waals surface area contributed by atoms with Gasteiger partial charge in [-0.05, 0) is 48.1 Å². The van der Waals surface area contributed by atoms with Crippen LogP contribution in [-0.2, 0) is 9.53 Å². The van der Waals surface area contributed by atoms with Gasteiger partial charge < -0.3 is 30.1 Å². The molecule has 35 heavy (non-hydrogen) atoms. The Bertz CT molecular complexity index is 1050. The summed E-state index contributed by atoms with van der Waals surface area (Å²) in [5, 5.41) is 14.7. The van der Waals surface area contributed by atoms with Gasteiger partial charge in [-0.2, -0.15) is 0 Å². The quantitative estimate of drug-likeness (QED) is 0.443. The minimum atomic E-state index is -0.879. The van der Waals surface area contributed by atoms with Crippen LogP contribution in [0.15, 0.2) is 36.4 Å². The first kappa shape index (κ1) is 26.3. The van der Waals surface area contributed by atoms with Crippen molar-refractivity contribution in [1.82, 2.24) is 0 Å². The number of aliphatic carboxylic acids is 1. The number of methoxy groups -OCH3 is 1. The number of carbonyl (C=O) groups excluding carboxylic acids is 1. The van der Waals surface area contributed by atoms with E-state index in [-0.39, 0.29) is 24.1 Å². The van der Waals surface area contributed by atoms with E-state index >= 15 is 0 Å². The molecule has 3 N–H and O–H groups in total. The summed E-state index contributed by atoms with van der Waals surface area (Å²) >= 11 is 0. The molecule has 2 aromatic carbocycles. The van der Waals surface area contributed by atoms with Crippen molar-refractivity contribution in [2.45, 2.75) is 45.6 Å². The summed E-state index contributed by atoms with van der Waals surface area (Å²) in [7, 11) is 1.44. The van der Waals surface area contributed by atoms with Gasteiger partial charge in [-0.15, -0.1) is 0 Å². The molecule has 0 saturated carbocycles. The molecule has 0 spiro atoms. The van der Waals surface area contributed by atoms with Gasteiger partial charge in [0.1, 0.15) is 11.6 Å². The third-order valence-corrected chi connectivity index (χ3v) is 6.32. The molecule has 8 nitrogen and oxygen atoms in total. The average molecular weight is 488 g/mol. The lowest BCUT2D eigenvalue weighted by Gasteiger charge is -2.40. The highest BCUT2D eigenvalue weighted by atomic mass is 19.1. The highest BCUT2D eigenvalue weighted by Gasteiger charge is 2.28. The average Bonchev–Trinajstić information content (AvgIpc) is 2.83. The first-order valence-electron chi connectivity index (χ1n) is 11.8. The Balaban J connectivity index is 1.94. The SMILES string of the molecule is CCC(CC(=O)O)c1ccc(N2CCOCC2C(C)C)c(NC(=O)Nc2ccc(OC)cc2F)c1. The molecular weight excluding hydrogens is 453 g/mol. The number of hydrogen-bond acceptors (Lipinski definition) is 5. The minimum absolute atomic E-state index is 0.00921. The van der Waals surface area contributed by atoms with E-state index in [0.29, 0.717) is 43.5 Å². The Morgan fingerprint density at radius 1 is 1.20 bits per heavy atom. The Labute approximate surface area is 205 Å². The van der Waals surface area contributed by atoms with Gasteiger partial charge in [0.05, 0.1) is 49.8 Å². The van der Waals surface area contributed by atoms with Crippen molar-refractivity contribution in [2.75, 3.05) is 42.4 Å². The van der Waals surface area contributed by atoms with Gasteiger partial charge in [-0.3, -0.25) is 4.79 Å². The maximum atomic E-state index is 14.4. The van der Waals surface area contributed by atoms with Crippen molar-refractivity contribution in [3.8, 4) is 5.75 Å². The second-order valence-corrected chi connectivity index (χ2v) is 8.98. The predicted molar refractivity (Wildman–Crippen MR) is 134 cm³/mol. The third-order valence-electron chi connectivity index (χ3n) is 6.32. The zero-order valence-electron chi connectivity index (χ0n) is 20.6. The summed E-state index contributed by atoms with van der Waals surface area (Å²) in [6.07, 6.45) is 0.630. The smallest absolute Gasteiger partial charge is 0.323 e. The first-order valence-corrected chi connectivity index (χ1v) is 11.8. The normalized spacial score (nSPS) is 16.6. The summed E-state index contributed by atoms with van der Waals surface area (Å²) in [6.45, 7) is 7.95. The number of carbonyl (C=O) groups is 2. The lowest BCUT2D eigenvalue weighted by atomic mass is 9.92. The number of anilines is 3. The molecule has 1 aliphatic rings. The molecule has 2 aromatic rings. The van der Waals surface area contributed by atoms with Crippen molar-refractivity contribution in [3.05, 3.63) is 47.8 Å². The molecule has 1 saturated heterocycles. The number of rotatable bonds is 9. The van der Waals surface area contributed by atoms with E-state index < -0.39 is 17.8 Å². The monoisotopic (exact) mass is 487 g/mol. The van der Waals surface area contributed by atoms with Gasteiger partial charge in [0.2, 0.25) is 0 Å². The molecule has 0 radical (unpaired) electrons. The Hall–Kier alpha value is -3.33. The summed E-state index contributed by atoms with van der Waals surface area (Å²) in [6, 6.07) is 9.36. The molecule has 2 unspecified atom stereocenters. The van der Waals surface area contributed by atoms with Crippen molar-refractivity contribution in [2.24, 2.45) is 5.92 Å². The van der Waals surface area contributed by atoms with Crippen LogP contribution in [0, 0.1) is 11.7 Å². The summed E-state index contributed by atoms with van der Waals surface area (Å²) in [5.74, 6) is -1.04. The highest BCUT2D eigenvalue weighted by molar-refractivity contribution is 6.02. The minimum Gasteiger partial charge on any atom is -0.497 e. The van der Waals surface area contributed by atoms with Crippen LogP contribution in [0.4, 0.5) is 26.2 Å². The van der Waals surface area contributed by atoms with Crippen molar-refractivity contribution >= 4 is 29.1 Å². The lowest BCUT2D eigenvalue weighted by molar-refractivity contribution is -0.137. The van der Waals surface area contributed by atoms with Crippen LogP contribution in [0.3, 0.4) is 0 Å². The molecule has 9 heteroatoms. The zero-order chi connectivity index (χ0) is 25.5. The van der Waals surface area contributed by atoms with E-state index in [0.717, 1.165) is 11.3 Å². The van der Waals surface area contributed by atoms with Gasteiger partial charge >= 0.3 is 12.0 Å². The maximum Gasteiger partial charge on any atom is 0.323 e. The second kappa shape index (κ2) is 11.9. The third kappa shape index (κ3) is 6.63. The fourth-order valence-electron chi connectivity index (χ4n) is 4.34. The van der Waals surface area contributed by atoms with Crippen LogP contribution < -0.4 is 20.3 Å². The van der Waals surface area contributed by atoms with E-state index in [1.807, 2.05) is 25.1 Å². The fraction of sp³-hybridized carbons (Fsp3) is 0.462. The van der Waals surface area contributed by atoms with Crippen molar-refractivity contribution in [1.29, 1.82) is 0 Å². The molecule has 190 valence electrons. The van der Waals surface area contributed by atoms with Crippen LogP contribution in [-0.4, -0.2) is 50.0 Å². The molecule has 0 aromatic heterocycles. The van der Waals surface area contributed by atoms with Crippen molar-refractivity contribution < 1.29 is 28.6 Å². The van der Waals surface area contributed by atoms with Crippen molar-refractivity contribution in [3.63, 3.8) is 0 Å². The fourth-order valence-corrected chi connectivity index (χ4v) is 4.34. The topological polar surface area (TPSA) is 100 Å². The van der Waals surface area contributed by atoms with E-state index in [1.54, 1.807) is 6.07 Å². The standard InChI is InChI=1S/C26H34FN3O5/c1-5-17(13-25(31)32)18-6-9-23(30-10-11-35-15-24(30)16(2)3)22(12-18)29-26(33)28-21-8-7-19(34-4)14-20(21)27/h6-9,12,14,16-17,24H,5,10-11,13,15H2,1-4H3,(H,31,32)(H2,28,29,33). The summed E-state index contributed by atoms with van der Waals surface area (Å²) in [5.41, 5.74) is 2.18. The van der Waals surface area contributed by atoms with Crippen LogP contribution in [0.2, 0.25) is 0 Å². The number of halogens is 1. The van der Waals surface area contributed by atoms with Gasteiger partial charge in [0.25, 0.3) is 0 Å². The predicted octanol–water partition coefficient (Wildman–Crippen LogP) is 5.31.